The molecular formula is C26H38O3. The van der Waals surface area contributed by atoms with Gasteiger partial charge in [-0.25, -0.2) is 4.79 Å². The fraction of sp³-hybridized carbons (Fsp3) is 0.808. The lowest BCUT2D eigenvalue weighted by molar-refractivity contribution is -0.136. The molecule has 3 nitrogen and oxygen atoms in total. The van der Waals surface area contributed by atoms with Crippen molar-refractivity contribution in [1.82, 2.24) is 0 Å². The van der Waals surface area contributed by atoms with Crippen molar-refractivity contribution in [1.29, 1.82) is 0 Å². The summed E-state index contributed by atoms with van der Waals surface area (Å²) in [5, 5.41) is 10.2. The molecule has 0 spiro atoms. The van der Waals surface area contributed by atoms with Crippen LogP contribution in [0.1, 0.15) is 78.1 Å². The van der Waals surface area contributed by atoms with Gasteiger partial charge in [0.25, 0.3) is 0 Å². The first-order valence-corrected chi connectivity index (χ1v) is 12.1. The van der Waals surface area contributed by atoms with Gasteiger partial charge in [0.1, 0.15) is 6.61 Å². The van der Waals surface area contributed by atoms with Gasteiger partial charge in [-0.05, 0) is 110 Å². The molecule has 0 radical (unpaired) electrons. The zero-order chi connectivity index (χ0) is 20.4. The highest BCUT2D eigenvalue weighted by Gasteiger charge is 2.61. The zero-order valence-corrected chi connectivity index (χ0v) is 18.3. The van der Waals surface area contributed by atoms with E-state index >= 15 is 0 Å². The van der Waals surface area contributed by atoms with E-state index in [0.29, 0.717) is 29.8 Å². The number of aliphatic hydroxyl groups is 1. The van der Waals surface area contributed by atoms with Gasteiger partial charge in [-0.15, -0.1) is 6.58 Å². The number of fused-ring (bicyclic) bond motifs is 5. The number of aliphatic hydroxyl groups excluding tert-OH is 1. The maximum absolute atomic E-state index is 12.3. The van der Waals surface area contributed by atoms with Crippen LogP contribution >= 0.6 is 0 Å². The number of esters is 1. The van der Waals surface area contributed by atoms with Crippen molar-refractivity contribution in [2.24, 2.45) is 40.4 Å². The molecule has 5 aliphatic rings. The first-order valence-electron chi connectivity index (χ1n) is 12.1. The van der Waals surface area contributed by atoms with Crippen LogP contribution in [-0.2, 0) is 9.53 Å². The Balaban J connectivity index is 1.43. The van der Waals surface area contributed by atoms with E-state index in [1.165, 1.54) is 50.5 Å². The third-order valence-electron chi connectivity index (χ3n) is 10.4. The molecule has 4 saturated carbocycles. The summed E-state index contributed by atoms with van der Waals surface area (Å²) in [7, 11) is 0. The molecule has 160 valence electrons. The van der Waals surface area contributed by atoms with E-state index in [4.69, 9.17) is 4.74 Å². The lowest BCUT2D eigenvalue weighted by Crippen LogP contribution is -2.54. The average molecular weight is 399 g/mol. The topological polar surface area (TPSA) is 46.5 Å². The van der Waals surface area contributed by atoms with Crippen molar-refractivity contribution in [3.8, 4) is 0 Å². The molecule has 0 bridgehead atoms. The summed E-state index contributed by atoms with van der Waals surface area (Å²) in [5.74, 6) is 3.56. The van der Waals surface area contributed by atoms with Crippen LogP contribution in [0.4, 0.5) is 0 Å². The Morgan fingerprint density at radius 3 is 2.62 bits per heavy atom. The van der Waals surface area contributed by atoms with Crippen molar-refractivity contribution in [2.75, 3.05) is 6.61 Å². The van der Waals surface area contributed by atoms with Crippen molar-refractivity contribution >= 4 is 5.97 Å². The van der Waals surface area contributed by atoms with E-state index in [1.54, 1.807) is 0 Å². The van der Waals surface area contributed by atoms with E-state index in [2.05, 4.69) is 20.4 Å². The quantitative estimate of drug-likeness (QED) is 0.509. The second-order valence-corrected chi connectivity index (χ2v) is 11.3. The molecule has 29 heavy (non-hydrogen) atoms. The number of hydrogen-bond donors (Lipinski definition) is 1. The molecular weight excluding hydrogens is 360 g/mol. The van der Waals surface area contributed by atoms with Gasteiger partial charge in [-0.1, -0.05) is 19.9 Å². The fourth-order valence-electron chi connectivity index (χ4n) is 8.93. The Bertz CT molecular complexity index is 738. The van der Waals surface area contributed by atoms with Crippen LogP contribution in [0.25, 0.3) is 0 Å². The molecule has 1 N–H and O–H groups in total. The molecule has 4 aliphatic carbocycles. The van der Waals surface area contributed by atoms with Crippen LogP contribution in [0.3, 0.4) is 0 Å². The molecule has 3 heteroatoms. The third kappa shape index (κ3) is 2.82. The number of allylic oxidation sites excluding steroid dienone is 1. The van der Waals surface area contributed by atoms with Crippen molar-refractivity contribution in [2.45, 2.75) is 84.2 Å². The summed E-state index contributed by atoms with van der Waals surface area (Å²) in [5.41, 5.74) is 2.96. The maximum Gasteiger partial charge on any atom is 0.334 e. The number of hydrogen-bond acceptors (Lipinski definition) is 3. The van der Waals surface area contributed by atoms with Crippen LogP contribution in [0.15, 0.2) is 23.8 Å². The molecule has 0 saturated heterocycles. The highest BCUT2D eigenvalue weighted by molar-refractivity contribution is 5.92. The molecule has 0 aromatic heterocycles. The van der Waals surface area contributed by atoms with Crippen LogP contribution in [-0.4, -0.2) is 23.8 Å². The predicted molar refractivity (Wildman–Crippen MR) is 114 cm³/mol. The highest BCUT2D eigenvalue weighted by Crippen LogP contribution is 2.68. The third-order valence-corrected chi connectivity index (χ3v) is 10.4. The van der Waals surface area contributed by atoms with Crippen LogP contribution < -0.4 is 0 Å². The molecule has 1 heterocycles. The van der Waals surface area contributed by atoms with Gasteiger partial charge < -0.3 is 9.84 Å². The van der Waals surface area contributed by atoms with Crippen molar-refractivity contribution < 1.29 is 14.6 Å². The minimum atomic E-state index is -0.102. The summed E-state index contributed by atoms with van der Waals surface area (Å²) < 4.78 is 5.49. The standard InChI is InChI=1S/C26H38O3/c1-4-5-18-20(15-29-24(18)28)22-9-8-21-19-7-6-16-14-17(27)10-12-25(16,2)23(19)11-13-26(21,22)3/h4,16-17,19,21-23,27H,1,5-15H2,2-3H3/t16-,17+,19+,21+,22-,23+,25+,26+/m1/s1. The summed E-state index contributed by atoms with van der Waals surface area (Å²) >= 11 is 0. The molecule has 1 aliphatic heterocycles. The summed E-state index contributed by atoms with van der Waals surface area (Å²) in [6.45, 7) is 9.47. The normalized spacial score (nSPS) is 49.3. The van der Waals surface area contributed by atoms with Crippen molar-refractivity contribution in [3.05, 3.63) is 23.8 Å². The molecule has 5 rings (SSSR count). The van der Waals surface area contributed by atoms with E-state index < -0.39 is 0 Å². The summed E-state index contributed by atoms with van der Waals surface area (Å²) in [4.78, 5) is 12.3. The van der Waals surface area contributed by atoms with Crippen LogP contribution in [0.5, 0.6) is 0 Å². The largest absolute Gasteiger partial charge is 0.458 e. The maximum atomic E-state index is 12.3. The second kappa shape index (κ2) is 6.97. The van der Waals surface area contributed by atoms with Crippen molar-refractivity contribution in [3.63, 3.8) is 0 Å². The van der Waals surface area contributed by atoms with E-state index in [0.717, 1.165) is 42.1 Å². The smallest absolute Gasteiger partial charge is 0.334 e. The van der Waals surface area contributed by atoms with Gasteiger partial charge in [0.2, 0.25) is 0 Å². The monoisotopic (exact) mass is 398 g/mol. The van der Waals surface area contributed by atoms with Gasteiger partial charge in [-0.3, -0.25) is 0 Å². The molecule has 4 fully saturated rings. The van der Waals surface area contributed by atoms with Crippen LogP contribution in [0, 0.1) is 40.4 Å². The SMILES string of the molecule is C=CCC1=C([C@H]2CC[C@H]3[C@@H]4CC[C@@H]5C[C@@H](O)CC[C@]5(C)[C@H]4CC[C@]23C)COC1=O. The Labute approximate surface area is 176 Å². The Morgan fingerprint density at radius 1 is 1.07 bits per heavy atom. The van der Waals surface area contributed by atoms with E-state index in [9.17, 15) is 9.90 Å². The molecule has 0 amide bonds. The Morgan fingerprint density at radius 2 is 1.83 bits per heavy atom. The number of cyclic esters (lactones) is 1. The Kier molecular flexibility index (Phi) is 4.77. The van der Waals surface area contributed by atoms with Gasteiger partial charge in [0.05, 0.1) is 6.10 Å². The first kappa shape index (κ1) is 19.8. The minimum absolute atomic E-state index is 0.0653. The van der Waals surface area contributed by atoms with Crippen LogP contribution in [0.2, 0.25) is 0 Å². The highest BCUT2D eigenvalue weighted by atomic mass is 16.5. The second-order valence-electron chi connectivity index (χ2n) is 11.3. The fourth-order valence-corrected chi connectivity index (χ4v) is 8.93. The number of carbonyl (C=O) groups is 1. The van der Waals surface area contributed by atoms with Gasteiger partial charge in [0, 0.05) is 5.57 Å². The molecule has 8 atom stereocenters. The summed E-state index contributed by atoms with van der Waals surface area (Å²) in [6.07, 6.45) is 13.5. The summed E-state index contributed by atoms with van der Waals surface area (Å²) in [6, 6.07) is 0. The predicted octanol–water partition coefficient (Wildman–Crippen LogP) is 5.44. The lowest BCUT2D eigenvalue weighted by Gasteiger charge is -2.61. The lowest BCUT2D eigenvalue weighted by atomic mass is 9.44. The van der Waals surface area contributed by atoms with Gasteiger partial charge >= 0.3 is 5.97 Å². The minimum Gasteiger partial charge on any atom is -0.458 e. The number of carbonyl (C=O) groups excluding carboxylic acids is 1. The van der Waals surface area contributed by atoms with E-state index in [1.807, 2.05) is 6.08 Å². The van der Waals surface area contributed by atoms with Gasteiger partial charge in [-0.2, -0.15) is 0 Å². The Hall–Kier alpha value is -1.09. The molecule has 0 aromatic rings. The molecule has 0 unspecified atom stereocenters. The van der Waals surface area contributed by atoms with E-state index in [-0.39, 0.29) is 12.1 Å². The zero-order valence-electron chi connectivity index (χ0n) is 18.3. The molecule has 0 aromatic carbocycles. The number of rotatable bonds is 3. The first-order chi connectivity index (χ1) is 13.9. The average Bonchev–Trinajstić information content (AvgIpc) is 3.22. The van der Waals surface area contributed by atoms with Gasteiger partial charge in [0.15, 0.2) is 0 Å². The number of ether oxygens (including phenoxy) is 1.